The summed E-state index contributed by atoms with van der Waals surface area (Å²) in [7, 11) is 0. The van der Waals surface area contributed by atoms with Crippen LogP contribution in [-0.2, 0) is 6.42 Å². The quantitative estimate of drug-likeness (QED) is 0.901. The molecule has 1 unspecified atom stereocenters. The van der Waals surface area contributed by atoms with Crippen molar-refractivity contribution in [2.75, 3.05) is 6.61 Å². The van der Waals surface area contributed by atoms with E-state index in [1.807, 2.05) is 26.8 Å². The van der Waals surface area contributed by atoms with Crippen molar-refractivity contribution < 1.29 is 14.3 Å². The van der Waals surface area contributed by atoms with Gasteiger partial charge in [-0.2, -0.15) is 0 Å². The molecular formula is C16H17BrO3. The summed E-state index contributed by atoms with van der Waals surface area (Å²) < 4.78 is 12.3. The summed E-state index contributed by atoms with van der Waals surface area (Å²) in [6.45, 7) is 6.45. The molecule has 1 N–H and O–H groups in total. The zero-order chi connectivity index (χ0) is 14.4. The molecule has 106 valence electrons. The molecule has 0 radical (unpaired) electrons. The minimum absolute atomic E-state index is 0.674. The first-order valence-electron chi connectivity index (χ1n) is 6.68. The lowest BCUT2D eigenvalue weighted by molar-refractivity contribution is 0.211. The van der Waals surface area contributed by atoms with Crippen molar-refractivity contribution in [3.05, 3.63) is 50.4 Å². The highest BCUT2D eigenvalue weighted by Crippen LogP contribution is 2.41. The van der Waals surface area contributed by atoms with Crippen LogP contribution in [0.15, 0.2) is 21.0 Å². The first kappa shape index (κ1) is 13.7. The van der Waals surface area contributed by atoms with Gasteiger partial charge in [0, 0.05) is 22.0 Å². The largest absolute Gasteiger partial charge is 0.493 e. The van der Waals surface area contributed by atoms with Gasteiger partial charge >= 0.3 is 0 Å². The number of aliphatic hydroxyl groups excluding tert-OH is 1. The van der Waals surface area contributed by atoms with Gasteiger partial charge in [0.1, 0.15) is 23.4 Å². The molecule has 1 aliphatic rings. The van der Waals surface area contributed by atoms with Crippen LogP contribution in [-0.4, -0.2) is 11.7 Å². The molecule has 1 aliphatic heterocycles. The Morgan fingerprint density at radius 1 is 1.20 bits per heavy atom. The fourth-order valence-corrected chi connectivity index (χ4v) is 3.39. The van der Waals surface area contributed by atoms with Gasteiger partial charge in [-0.3, -0.25) is 0 Å². The van der Waals surface area contributed by atoms with E-state index in [0.717, 1.165) is 50.4 Å². The molecule has 1 aromatic carbocycles. The van der Waals surface area contributed by atoms with Crippen molar-refractivity contribution in [1.29, 1.82) is 0 Å². The summed E-state index contributed by atoms with van der Waals surface area (Å²) in [5, 5.41) is 10.8. The Morgan fingerprint density at radius 2 is 1.95 bits per heavy atom. The monoisotopic (exact) mass is 336 g/mol. The molecule has 0 saturated heterocycles. The highest BCUT2D eigenvalue weighted by Gasteiger charge is 2.27. The first-order chi connectivity index (χ1) is 9.49. The van der Waals surface area contributed by atoms with E-state index in [4.69, 9.17) is 9.15 Å². The van der Waals surface area contributed by atoms with Gasteiger partial charge in [-0.25, -0.2) is 0 Å². The van der Waals surface area contributed by atoms with Gasteiger partial charge in [-0.05, 0) is 44.0 Å². The second-order valence-corrected chi connectivity index (χ2v) is 6.15. The van der Waals surface area contributed by atoms with Crippen LogP contribution in [0.2, 0.25) is 0 Å². The Hall–Kier alpha value is -1.26. The number of furan rings is 1. The van der Waals surface area contributed by atoms with E-state index in [1.165, 1.54) is 0 Å². The maximum absolute atomic E-state index is 10.8. The Labute approximate surface area is 126 Å². The highest BCUT2D eigenvalue weighted by atomic mass is 79.9. The molecule has 1 atom stereocenters. The van der Waals surface area contributed by atoms with E-state index >= 15 is 0 Å². The predicted octanol–water partition coefficient (Wildman–Crippen LogP) is 3.98. The number of hydrogen-bond donors (Lipinski definition) is 1. The Morgan fingerprint density at radius 3 is 2.60 bits per heavy atom. The topological polar surface area (TPSA) is 42.6 Å². The molecule has 1 aromatic heterocycles. The molecule has 0 aliphatic carbocycles. The van der Waals surface area contributed by atoms with Crippen LogP contribution in [0.25, 0.3) is 0 Å². The third kappa shape index (κ3) is 2.07. The lowest BCUT2D eigenvalue weighted by atomic mass is 9.95. The van der Waals surface area contributed by atoms with Gasteiger partial charge in [-0.1, -0.05) is 15.9 Å². The summed E-state index contributed by atoms with van der Waals surface area (Å²) in [5.41, 5.74) is 3.79. The average Bonchev–Trinajstić information content (AvgIpc) is 2.93. The fraction of sp³-hybridized carbons (Fsp3) is 0.375. The van der Waals surface area contributed by atoms with Gasteiger partial charge in [0.15, 0.2) is 0 Å². The van der Waals surface area contributed by atoms with E-state index in [1.54, 1.807) is 0 Å². The molecule has 0 fully saturated rings. The maximum Gasteiger partial charge on any atom is 0.128 e. The van der Waals surface area contributed by atoms with Crippen LogP contribution < -0.4 is 4.74 Å². The normalized spacial score (nSPS) is 15.1. The second-order valence-electron chi connectivity index (χ2n) is 5.24. The van der Waals surface area contributed by atoms with Crippen LogP contribution in [0.4, 0.5) is 0 Å². The standard InChI is InChI=1S/C16H17BrO3/c1-8-9(2)20-10(3)14(8)15(18)13-7-12(17)6-11-4-5-19-16(11)13/h6-7,15,18H,4-5H2,1-3H3. The van der Waals surface area contributed by atoms with Crippen molar-refractivity contribution in [3.63, 3.8) is 0 Å². The summed E-state index contributed by atoms with van der Waals surface area (Å²) >= 11 is 3.51. The van der Waals surface area contributed by atoms with Gasteiger partial charge in [0.25, 0.3) is 0 Å². The molecule has 3 rings (SSSR count). The summed E-state index contributed by atoms with van der Waals surface area (Å²) in [6.07, 6.45) is 0.161. The number of benzene rings is 1. The summed E-state index contributed by atoms with van der Waals surface area (Å²) in [6, 6.07) is 3.98. The molecule has 0 spiro atoms. The van der Waals surface area contributed by atoms with Gasteiger partial charge in [-0.15, -0.1) is 0 Å². The first-order valence-corrected chi connectivity index (χ1v) is 7.48. The van der Waals surface area contributed by atoms with Crippen molar-refractivity contribution in [3.8, 4) is 5.75 Å². The van der Waals surface area contributed by atoms with E-state index in [2.05, 4.69) is 22.0 Å². The number of aryl methyl sites for hydroxylation is 2. The van der Waals surface area contributed by atoms with Crippen LogP contribution in [0.1, 0.15) is 39.9 Å². The number of ether oxygens (including phenoxy) is 1. The minimum atomic E-state index is -0.725. The van der Waals surface area contributed by atoms with Gasteiger partial charge < -0.3 is 14.3 Å². The van der Waals surface area contributed by atoms with Crippen molar-refractivity contribution >= 4 is 15.9 Å². The fourth-order valence-electron chi connectivity index (χ4n) is 2.87. The van der Waals surface area contributed by atoms with Crippen LogP contribution in [0.5, 0.6) is 5.75 Å². The molecule has 20 heavy (non-hydrogen) atoms. The molecule has 4 heteroatoms. The van der Waals surface area contributed by atoms with E-state index in [0.29, 0.717) is 6.61 Å². The van der Waals surface area contributed by atoms with Crippen LogP contribution in [0.3, 0.4) is 0 Å². The number of rotatable bonds is 2. The van der Waals surface area contributed by atoms with Crippen LogP contribution in [0, 0.1) is 20.8 Å². The molecule has 2 aromatic rings. The molecule has 0 amide bonds. The molecule has 0 bridgehead atoms. The summed E-state index contributed by atoms with van der Waals surface area (Å²) in [4.78, 5) is 0. The number of aliphatic hydroxyl groups is 1. The lowest BCUT2D eigenvalue weighted by Gasteiger charge is -2.16. The number of fused-ring (bicyclic) bond motifs is 1. The van der Waals surface area contributed by atoms with E-state index in [9.17, 15) is 5.11 Å². The second kappa shape index (κ2) is 4.93. The van der Waals surface area contributed by atoms with E-state index < -0.39 is 6.10 Å². The predicted molar refractivity (Wildman–Crippen MR) is 80.3 cm³/mol. The Bertz CT molecular complexity index is 673. The van der Waals surface area contributed by atoms with Crippen LogP contribution >= 0.6 is 15.9 Å². The molecular weight excluding hydrogens is 320 g/mol. The van der Waals surface area contributed by atoms with Crippen molar-refractivity contribution in [2.45, 2.75) is 33.3 Å². The number of hydrogen-bond acceptors (Lipinski definition) is 3. The van der Waals surface area contributed by atoms with Gasteiger partial charge in [0.2, 0.25) is 0 Å². The summed E-state index contributed by atoms with van der Waals surface area (Å²) in [5.74, 6) is 2.43. The highest BCUT2D eigenvalue weighted by molar-refractivity contribution is 9.10. The SMILES string of the molecule is Cc1oc(C)c(C(O)c2cc(Br)cc3c2OCC3)c1C. The Kier molecular flexibility index (Phi) is 3.38. The third-order valence-electron chi connectivity index (χ3n) is 3.96. The lowest BCUT2D eigenvalue weighted by Crippen LogP contribution is -2.04. The minimum Gasteiger partial charge on any atom is -0.493 e. The maximum atomic E-state index is 10.8. The van der Waals surface area contributed by atoms with Gasteiger partial charge in [0.05, 0.1) is 6.61 Å². The van der Waals surface area contributed by atoms with Crippen molar-refractivity contribution in [1.82, 2.24) is 0 Å². The molecule has 3 nitrogen and oxygen atoms in total. The Balaban J connectivity index is 2.14. The number of halogens is 1. The van der Waals surface area contributed by atoms with E-state index in [-0.39, 0.29) is 0 Å². The third-order valence-corrected chi connectivity index (χ3v) is 4.42. The smallest absolute Gasteiger partial charge is 0.128 e. The molecule has 2 heterocycles. The molecule has 0 saturated carbocycles. The zero-order valence-electron chi connectivity index (χ0n) is 11.8. The zero-order valence-corrected chi connectivity index (χ0v) is 13.4. The average molecular weight is 337 g/mol. The van der Waals surface area contributed by atoms with Crippen molar-refractivity contribution in [2.24, 2.45) is 0 Å².